The molecule has 1 aromatic heterocycles. The van der Waals surface area contributed by atoms with Crippen molar-refractivity contribution in [2.24, 2.45) is 5.92 Å². The molecule has 0 aliphatic carbocycles. The van der Waals surface area contributed by atoms with Crippen LogP contribution in [0.2, 0.25) is 0 Å². The maximum absolute atomic E-state index is 11.7. The number of rotatable bonds is 7. The Labute approximate surface area is 130 Å². The molecular formula is C15H23N5O2. The van der Waals surface area contributed by atoms with Crippen LogP contribution in [0.15, 0.2) is 18.6 Å². The van der Waals surface area contributed by atoms with Gasteiger partial charge in [-0.15, -0.1) is 0 Å². The van der Waals surface area contributed by atoms with E-state index in [-0.39, 0.29) is 17.5 Å². The van der Waals surface area contributed by atoms with Gasteiger partial charge in [0.05, 0.1) is 6.20 Å². The lowest BCUT2D eigenvalue weighted by Crippen LogP contribution is -2.35. The molecule has 120 valence electrons. The number of carbonyl (C=O) groups excluding carboxylic acids is 2. The number of aromatic nitrogens is 2. The molecule has 2 heterocycles. The van der Waals surface area contributed by atoms with E-state index >= 15 is 0 Å². The average Bonchev–Trinajstić information content (AvgIpc) is 2.58. The summed E-state index contributed by atoms with van der Waals surface area (Å²) in [6.07, 6.45) is 8.20. The Hall–Kier alpha value is -2.02. The topological polar surface area (TPSA) is 96.0 Å². The van der Waals surface area contributed by atoms with Crippen LogP contribution in [0.5, 0.6) is 0 Å². The van der Waals surface area contributed by atoms with E-state index in [1.165, 1.54) is 18.6 Å². The molecule has 0 spiro atoms. The van der Waals surface area contributed by atoms with Gasteiger partial charge in [-0.25, -0.2) is 4.98 Å². The Morgan fingerprint density at radius 1 is 1.18 bits per heavy atom. The first-order valence-corrected chi connectivity index (χ1v) is 7.77. The Balaban J connectivity index is 1.54. The van der Waals surface area contributed by atoms with Crippen LogP contribution in [0.3, 0.4) is 0 Å². The van der Waals surface area contributed by atoms with Crippen molar-refractivity contribution in [3.63, 3.8) is 0 Å². The molecule has 2 amide bonds. The van der Waals surface area contributed by atoms with Crippen molar-refractivity contribution in [3.8, 4) is 0 Å². The molecule has 7 nitrogen and oxygen atoms in total. The summed E-state index contributed by atoms with van der Waals surface area (Å²) in [6, 6.07) is 0. The lowest BCUT2D eigenvalue weighted by molar-refractivity contribution is -0.121. The third-order valence-corrected chi connectivity index (χ3v) is 3.77. The summed E-state index contributed by atoms with van der Waals surface area (Å²) in [5, 5.41) is 8.84. The van der Waals surface area contributed by atoms with Gasteiger partial charge in [0.25, 0.3) is 5.91 Å². The number of nitrogens with zero attached hydrogens (tertiary/aromatic N) is 2. The highest BCUT2D eigenvalue weighted by atomic mass is 16.2. The molecule has 1 aliphatic rings. The van der Waals surface area contributed by atoms with Gasteiger partial charge >= 0.3 is 0 Å². The lowest BCUT2D eigenvalue weighted by atomic mass is 9.93. The summed E-state index contributed by atoms with van der Waals surface area (Å²) >= 11 is 0. The second-order valence-electron chi connectivity index (χ2n) is 5.43. The van der Waals surface area contributed by atoms with Crippen LogP contribution in [0.1, 0.15) is 36.2 Å². The summed E-state index contributed by atoms with van der Waals surface area (Å²) < 4.78 is 0. The number of carbonyl (C=O) groups is 2. The lowest BCUT2D eigenvalue weighted by Gasteiger charge is -2.22. The zero-order valence-corrected chi connectivity index (χ0v) is 12.7. The second kappa shape index (κ2) is 9.09. The molecule has 2 rings (SSSR count). The van der Waals surface area contributed by atoms with Crippen molar-refractivity contribution in [2.75, 3.05) is 26.2 Å². The van der Waals surface area contributed by atoms with Crippen LogP contribution >= 0.6 is 0 Å². The Kier molecular flexibility index (Phi) is 6.76. The van der Waals surface area contributed by atoms with E-state index < -0.39 is 0 Å². The average molecular weight is 305 g/mol. The SMILES string of the molecule is O=C(CCC1CCNCC1)NCCNC(=O)c1cnccn1. The third-order valence-electron chi connectivity index (χ3n) is 3.77. The number of piperidine rings is 1. The normalized spacial score (nSPS) is 15.3. The summed E-state index contributed by atoms with van der Waals surface area (Å²) in [5.41, 5.74) is 0.278. The second-order valence-corrected chi connectivity index (χ2v) is 5.43. The van der Waals surface area contributed by atoms with Crippen molar-refractivity contribution in [1.29, 1.82) is 0 Å². The van der Waals surface area contributed by atoms with Gasteiger partial charge in [-0.05, 0) is 38.3 Å². The molecule has 1 aromatic rings. The summed E-state index contributed by atoms with van der Waals surface area (Å²) in [6.45, 7) is 2.92. The highest BCUT2D eigenvalue weighted by molar-refractivity contribution is 5.91. The van der Waals surface area contributed by atoms with E-state index in [1.807, 2.05) is 0 Å². The van der Waals surface area contributed by atoms with Gasteiger partial charge in [-0.3, -0.25) is 14.6 Å². The molecule has 22 heavy (non-hydrogen) atoms. The van der Waals surface area contributed by atoms with E-state index in [9.17, 15) is 9.59 Å². The van der Waals surface area contributed by atoms with Crippen molar-refractivity contribution < 1.29 is 9.59 Å². The number of nitrogens with one attached hydrogen (secondary N) is 3. The van der Waals surface area contributed by atoms with Gasteiger partial charge in [0.15, 0.2) is 0 Å². The molecule has 3 N–H and O–H groups in total. The van der Waals surface area contributed by atoms with E-state index in [0.29, 0.717) is 25.4 Å². The summed E-state index contributed by atoms with van der Waals surface area (Å²) in [7, 11) is 0. The van der Waals surface area contributed by atoms with Crippen molar-refractivity contribution in [1.82, 2.24) is 25.9 Å². The molecular weight excluding hydrogens is 282 g/mol. The maximum Gasteiger partial charge on any atom is 0.271 e. The molecule has 7 heteroatoms. The molecule has 0 saturated carbocycles. The van der Waals surface area contributed by atoms with E-state index in [1.54, 1.807) is 0 Å². The van der Waals surface area contributed by atoms with E-state index in [0.717, 1.165) is 32.4 Å². The third kappa shape index (κ3) is 5.77. The van der Waals surface area contributed by atoms with Crippen LogP contribution in [0.4, 0.5) is 0 Å². The Bertz CT molecular complexity index is 474. The molecule has 0 unspecified atom stereocenters. The Morgan fingerprint density at radius 2 is 1.95 bits per heavy atom. The standard InChI is InChI=1S/C15H23N5O2/c21-14(2-1-12-3-5-16-6-4-12)19-9-10-20-15(22)13-11-17-7-8-18-13/h7-8,11-12,16H,1-6,9-10H2,(H,19,21)(H,20,22). The fourth-order valence-electron chi connectivity index (χ4n) is 2.48. The zero-order chi connectivity index (χ0) is 15.6. The molecule has 1 aliphatic heterocycles. The van der Waals surface area contributed by atoms with Crippen LogP contribution in [0, 0.1) is 5.92 Å². The predicted molar refractivity (Wildman–Crippen MR) is 82.2 cm³/mol. The highest BCUT2D eigenvalue weighted by Gasteiger charge is 2.14. The predicted octanol–water partition coefficient (Wildman–Crippen LogP) is 0.102. The Morgan fingerprint density at radius 3 is 2.68 bits per heavy atom. The van der Waals surface area contributed by atoms with E-state index in [4.69, 9.17) is 0 Å². The minimum Gasteiger partial charge on any atom is -0.354 e. The van der Waals surface area contributed by atoms with Gasteiger partial charge in [-0.1, -0.05) is 0 Å². The first kappa shape index (κ1) is 16.4. The van der Waals surface area contributed by atoms with E-state index in [2.05, 4.69) is 25.9 Å². The van der Waals surface area contributed by atoms with Gasteiger partial charge in [0.1, 0.15) is 5.69 Å². The minimum absolute atomic E-state index is 0.0484. The smallest absolute Gasteiger partial charge is 0.271 e. The van der Waals surface area contributed by atoms with Crippen LogP contribution in [-0.4, -0.2) is 48.0 Å². The van der Waals surface area contributed by atoms with Gasteiger partial charge < -0.3 is 16.0 Å². The molecule has 0 atom stereocenters. The minimum atomic E-state index is -0.281. The number of hydrogen-bond donors (Lipinski definition) is 3. The number of hydrogen-bond acceptors (Lipinski definition) is 5. The number of amides is 2. The summed E-state index contributed by atoms with van der Waals surface area (Å²) in [4.78, 5) is 31.2. The van der Waals surface area contributed by atoms with Crippen LogP contribution < -0.4 is 16.0 Å². The van der Waals surface area contributed by atoms with Crippen molar-refractivity contribution in [3.05, 3.63) is 24.3 Å². The zero-order valence-electron chi connectivity index (χ0n) is 12.7. The fourth-order valence-corrected chi connectivity index (χ4v) is 2.48. The van der Waals surface area contributed by atoms with Crippen molar-refractivity contribution in [2.45, 2.75) is 25.7 Å². The highest BCUT2D eigenvalue weighted by Crippen LogP contribution is 2.17. The molecule has 1 saturated heterocycles. The molecule has 1 fully saturated rings. The monoisotopic (exact) mass is 305 g/mol. The first-order chi connectivity index (χ1) is 10.8. The molecule has 0 bridgehead atoms. The quantitative estimate of drug-likeness (QED) is 0.621. The molecule has 0 aromatic carbocycles. The largest absolute Gasteiger partial charge is 0.354 e. The van der Waals surface area contributed by atoms with Gasteiger partial charge in [0, 0.05) is 31.9 Å². The molecule has 0 radical (unpaired) electrons. The van der Waals surface area contributed by atoms with Crippen LogP contribution in [0.25, 0.3) is 0 Å². The summed E-state index contributed by atoms with van der Waals surface area (Å²) in [5.74, 6) is 0.424. The van der Waals surface area contributed by atoms with Crippen molar-refractivity contribution >= 4 is 11.8 Å². The fraction of sp³-hybridized carbons (Fsp3) is 0.600. The van der Waals surface area contributed by atoms with Gasteiger partial charge in [-0.2, -0.15) is 0 Å². The first-order valence-electron chi connectivity index (χ1n) is 7.77. The van der Waals surface area contributed by atoms with Crippen LogP contribution in [-0.2, 0) is 4.79 Å². The maximum atomic E-state index is 11.7. The van der Waals surface area contributed by atoms with Gasteiger partial charge in [0.2, 0.25) is 5.91 Å².